The van der Waals surface area contributed by atoms with Gasteiger partial charge in [0.1, 0.15) is 0 Å². The van der Waals surface area contributed by atoms with E-state index < -0.39 is 0 Å². The van der Waals surface area contributed by atoms with Gasteiger partial charge in [-0.1, -0.05) is 37.8 Å². The monoisotopic (exact) mass is 530 g/mol. The van der Waals surface area contributed by atoms with E-state index in [4.69, 9.17) is 4.74 Å². The second-order valence-corrected chi connectivity index (χ2v) is 7.65. The van der Waals surface area contributed by atoms with Crippen molar-refractivity contribution in [2.45, 2.75) is 63.9 Å². The molecule has 1 aromatic rings. The SMILES string of the molecule is CN=C(NCCCCOC1CCCCCC1)NCCc1cccc(C(=O)NC)c1.I. The molecule has 1 aromatic carbocycles. The van der Waals surface area contributed by atoms with E-state index in [1.807, 2.05) is 24.3 Å². The van der Waals surface area contributed by atoms with Gasteiger partial charge in [-0.15, -0.1) is 24.0 Å². The fraction of sp³-hybridized carbons (Fsp3) is 0.652. The minimum atomic E-state index is -0.0553. The number of rotatable bonds is 10. The molecule has 0 saturated heterocycles. The Morgan fingerprint density at radius 3 is 2.53 bits per heavy atom. The Morgan fingerprint density at radius 2 is 1.83 bits per heavy atom. The topological polar surface area (TPSA) is 74.8 Å². The van der Waals surface area contributed by atoms with Gasteiger partial charge in [0, 0.05) is 39.4 Å². The fourth-order valence-electron chi connectivity index (χ4n) is 3.65. The van der Waals surface area contributed by atoms with Crippen LogP contribution in [-0.4, -0.2) is 51.8 Å². The maximum Gasteiger partial charge on any atom is 0.251 e. The molecule has 0 atom stereocenters. The maximum atomic E-state index is 11.7. The molecule has 30 heavy (non-hydrogen) atoms. The molecule has 0 bridgehead atoms. The summed E-state index contributed by atoms with van der Waals surface area (Å²) in [5.74, 6) is 0.762. The summed E-state index contributed by atoms with van der Waals surface area (Å²) in [5.41, 5.74) is 1.82. The number of nitrogens with zero attached hydrogens (tertiary/aromatic N) is 1. The molecule has 170 valence electrons. The van der Waals surface area contributed by atoms with Crippen molar-refractivity contribution in [3.05, 3.63) is 35.4 Å². The van der Waals surface area contributed by atoms with E-state index in [0.717, 1.165) is 50.5 Å². The van der Waals surface area contributed by atoms with Gasteiger partial charge >= 0.3 is 0 Å². The summed E-state index contributed by atoms with van der Waals surface area (Å²) in [6.07, 6.45) is 11.3. The molecule has 0 radical (unpaired) electrons. The normalized spacial score (nSPS) is 15.1. The molecule has 1 aliphatic carbocycles. The van der Waals surface area contributed by atoms with Crippen LogP contribution < -0.4 is 16.0 Å². The number of ether oxygens (including phenoxy) is 1. The van der Waals surface area contributed by atoms with Gasteiger partial charge in [0.2, 0.25) is 0 Å². The summed E-state index contributed by atoms with van der Waals surface area (Å²) in [4.78, 5) is 16.0. The zero-order valence-electron chi connectivity index (χ0n) is 18.5. The van der Waals surface area contributed by atoms with Gasteiger partial charge in [-0.2, -0.15) is 0 Å². The lowest BCUT2D eigenvalue weighted by Crippen LogP contribution is -2.38. The number of amides is 1. The summed E-state index contributed by atoms with van der Waals surface area (Å²) in [7, 11) is 3.44. The molecule has 1 aliphatic rings. The molecular weight excluding hydrogens is 491 g/mol. The Kier molecular flexibility index (Phi) is 14.5. The molecule has 2 rings (SSSR count). The third-order valence-corrected chi connectivity index (χ3v) is 5.37. The Labute approximate surface area is 199 Å². The lowest BCUT2D eigenvalue weighted by atomic mass is 10.1. The van der Waals surface area contributed by atoms with Crippen LogP contribution in [0.3, 0.4) is 0 Å². The quantitative estimate of drug-likeness (QED) is 0.141. The van der Waals surface area contributed by atoms with Crippen LogP contribution in [0.25, 0.3) is 0 Å². The van der Waals surface area contributed by atoms with Gasteiger partial charge in [0.25, 0.3) is 5.91 Å². The number of hydrogen-bond donors (Lipinski definition) is 3. The van der Waals surface area contributed by atoms with Crippen LogP contribution in [0.4, 0.5) is 0 Å². The first-order chi connectivity index (χ1) is 14.2. The van der Waals surface area contributed by atoms with E-state index in [-0.39, 0.29) is 29.9 Å². The first-order valence-electron chi connectivity index (χ1n) is 11.1. The number of halogens is 1. The molecule has 1 amide bonds. The van der Waals surface area contributed by atoms with Gasteiger partial charge in [0.15, 0.2) is 5.96 Å². The number of hydrogen-bond acceptors (Lipinski definition) is 3. The highest BCUT2D eigenvalue weighted by atomic mass is 127. The predicted octanol–water partition coefficient (Wildman–Crippen LogP) is 3.89. The van der Waals surface area contributed by atoms with Crippen molar-refractivity contribution in [3.63, 3.8) is 0 Å². The van der Waals surface area contributed by atoms with Crippen molar-refractivity contribution < 1.29 is 9.53 Å². The number of aliphatic imine (C=N–C) groups is 1. The smallest absolute Gasteiger partial charge is 0.251 e. The first-order valence-corrected chi connectivity index (χ1v) is 11.1. The molecular formula is C23H39IN4O2. The average Bonchev–Trinajstić information content (AvgIpc) is 3.03. The number of carbonyl (C=O) groups excluding carboxylic acids is 1. The molecule has 3 N–H and O–H groups in total. The summed E-state index contributed by atoms with van der Waals surface area (Å²) in [6, 6.07) is 7.73. The fourth-order valence-corrected chi connectivity index (χ4v) is 3.65. The van der Waals surface area contributed by atoms with Crippen LogP contribution in [0.15, 0.2) is 29.3 Å². The van der Waals surface area contributed by atoms with Crippen molar-refractivity contribution in [3.8, 4) is 0 Å². The molecule has 1 saturated carbocycles. The zero-order valence-corrected chi connectivity index (χ0v) is 20.9. The lowest BCUT2D eigenvalue weighted by molar-refractivity contribution is 0.0411. The molecule has 7 heteroatoms. The molecule has 0 spiro atoms. The summed E-state index contributed by atoms with van der Waals surface area (Å²) in [5, 5.41) is 9.36. The maximum absolute atomic E-state index is 11.7. The Morgan fingerprint density at radius 1 is 1.10 bits per heavy atom. The second kappa shape index (κ2) is 16.4. The number of guanidine groups is 1. The third kappa shape index (κ3) is 10.6. The van der Waals surface area contributed by atoms with Crippen LogP contribution in [0.1, 0.15) is 67.3 Å². The van der Waals surface area contributed by atoms with E-state index in [1.54, 1.807) is 14.1 Å². The van der Waals surface area contributed by atoms with Crippen molar-refractivity contribution in [1.29, 1.82) is 0 Å². The Bertz CT molecular complexity index is 631. The summed E-state index contributed by atoms with van der Waals surface area (Å²) < 4.78 is 6.04. The standard InChI is InChI=1S/C23H38N4O2.HI/c1-24-22(28)20-11-9-10-19(18-20)14-16-27-23(25-2)26-15-7-8-17-29-21-12-5-3-4-6-13-21;/h9-11,18,21H,3-8,12-17H2,1-2H3,(H,24,28)(H2,25,26,27);1H. The molecule has 1 fully saturated rings. The van der Waals surface area contributed by atoms with Crippen molar-refractivity contribution >= 4 is 35.8 Å². The van der Waals surface area contributed by atoms with Crippen LogP contribution in [0.5, 0.6) is 0 Å². The van der Waals surface area contributed by atoms with E-state index >= 15 is 0 Å². The van der Waals surface area contributed by atoms with Crippen LogP contribution >= 0.6 is 24.0 Å². The van der Waals surface area contributed by atoms with Gasteiger partial charge < -0.3 is 20.7 Å². The Balaban J connectivity index is 0.00000450. The van der Waals surface area contributed by atoms with Crippen molar-refractivity contribution in [2.24, 2.45) is 4.99 Å². The molecule has 0 aromatic heterocycles. The molecule has 6 nitrogen and oxygen atoms in total. The van der Waals surface area contributed by atoms with Gasteiger partial charge in [-0.05, 0) is 49.8 Å². The highest BCUT2D eigenvalue weighted by Crippen LogP contribution is 2.19. The Hall–Kier alpha value is -1.35. The highest BCUT2D eigenvalue weighted by molar-refractivity contribution is 14.0. The average molecular weight is 530 g/mol. The second-order valence-electron chi connectivity index (χ2n) is 7.65. The number of carbonyl (C=O) groups is 1. The predicted molar refractivity (Wildman–Crippen MR) is 135 cm³/mol. The summed E-state index contributed by atoms with van der Waals surface area (Å²) >= 11 is 0. The van der Waals surface area contributed by atoms with Crippen molar-refractivity contribution in [2.75, 3.05) is 33.8 Å². The number of unbranched alkanes of at least 4 members (excludes halogenated alkanes) is 1. The number of nitrogens with one attached hydrogen (secondary N) is 3. The van der Waals surface area contributed by atoms with Crippen molar-refractivity contribution in [1.82, 2.24) is 16.0 Å². The van der Waals surface area contributed by atoms with E-state index in [2.05, 4.69) is 20.9 Å². The van der Waals surface area contributed by atoms with E-state index in [9.17, 15) is 4.79 Å². The minimum Gasteiger partial charge on any atom is -0.378 e. The number of benzene rings is 1. The van der Waals surface area contributed by atoms with E-state index in [0.29, 0.717) is 11.7 Å². The van der Waals surface area contributed by atoms with Gasteiger partial charge in [0.05, 0.1) is 6.10 Å². The third-order valence-electron chi connectivity index (χ3n) is 5.37. The molecule has 0 unspecified atom stereocenters. The van der Waals surface area contributed by atoms with Crippen LogP contribution in [0, 0.1) is 0 Å². The van der Waals surface area contributed by atoms with Crippen LogP contribution in [-0.2, 0) is 11.2 Å². The lowest BCUT2D eigenvalue weighted by Gasteiger charge is -2.15. The minimum absolute atomic E-state index is 0. The first kappa shape index (κ1) is 26.7. The van der Waals surface area contributed by atoms with Gasteiger partial charge in [-0.25, -0.2) is 0 Å². The van der Waals surface area contributed by atoms with Crippen LogP contribution in [0.2, 0.25) is 0 Å². The van der Waals surface area contributed by atoms with E-state index in [1.165, 1.54) is 38.5 Å². The summed E-state index contributed by atoms with van der Waals surface area (Å²) in [6.45, 7) is 2.52. The zero-order chi connectivity index (χ0) is 20.7. The van der Waals surface area contributed by atoms with Gasteiger partial charge in [-0.3, -0.25) is 9.79 Å². The largest absolute Gasteiger partial charge is 0.378 e. The highest BCUT2D eigenvalue weighted by Gasteiger charge is 2.11. The molecule has 0 aliphatic heterocycles. The molecule has 0 heterocycles.